The van der Waals surface area contributed by atoms with E-state index in [1.165, 1.54) is 16.7 Å². The molecule has 1 aliphatic rings. The van der Waals surface area contributed by atoms with Crippen molar-refractivity contribution < 1.29 is 14.3 Å². The topological polar surface area (TPSA) is 38.8 Å². The van der Waals surface area contributed by atoms with Gasteiger partial charge in [-0.25, -0.2) is 0 Å². The number of hydrogen-bond acceptors (Lipinski definition) is 4. The Labute approximate surface area is 133 Å². The van der Waals surface area contributed by atoms with Crippen LogP contribution in [0.1, 0.15) is 36.5 Å². The number of carbonyl (C=O) groups excluding carboxylic acids is 1. The molecule has 0 bridgehead atoms. The van der Waals surface area contributed by atoms with Gasteiger partial charge in [0.15, 0.2) is 0 Å². The van der Waals surface area contributed by atoms with Crippen molar-refractivity contribution in [1.82, 2.24) is 4.90 Å². The van der Waals surface area contributed by atoms with Gasteiger partial charge in [0.2, 0.25) is 0 Å². The first-order valence-corrected chi connectivity index (χ1v) is 8.08. The van der Waals surface area contributed by atoms with E-state index in [9.17, 15) is 4.79 Å². The smallest absolute Gasteiger partial charge is 0.310 e. The van der Waals surface area contributed by atoms with Crippen LogP contribution in [0.2, 0.25) is 0 Å². The summed E-state index contributed by atoms with van der Waals surface area (Å²) in [7, 11) is 1.70. The first-order chi connectivity index (χ1) is 10.6. The average molecular weight is 305 g/mol. The Kier molecular flexibility index (Phi) is 5.83. The normalized spacial score (nSPS) is 19.0. The van der Waals surface area contributed by atoms with Gasteiger partial charge in [-0.3, -0.25) is 9.69 Å². The molecule has 1 heterocycles. The predicted octanol–water partition coefficient (Wildman–Crippen LogP) is 3.09. The molecule has 0 radical (unpaired) electrons. The highest BCUT2D eigenvalue weighted by molar-refractivity contribution is 5.72. The fourth-order valence-electron chi connectivity index (χ4n) is 3.14. The van der Waals surface area contributed by atoms with Crippen LogP contribution in [-0.2, 0) is 16.1 Å². The van der Waals surface area contributed by atoms with Gasteiger partial charge >= 0.3 is 5.97 Å². The third kappa shape index (κ3) is 3.80. The van der Waals surface area contributed by atoms with Crippen LogP contribution in [0.25, 0.3) is 0 Å². The van der Waals surface area contributed by atoms with E-state index in [0.29, 0.717) is 6.61 Å². The molecule has 0 spiro atoms. The average Bonchev–Trinajstić information content (AvgIpc) is 2.53. The SMILES string of the molecule is CCOC(=O)[C@H]1CCCN(Cc2ccc(OC)c(C)c2C)C1. The second-order valence-electron chi connectivity index (χ2n) is 6.00. The van der Waals surface area contributed by atoms with Crippen molar-refractivity contribution in [3.05, 3.63) is 28.8 Å². The summed E-state index contributed by atoms with van der Waals surface area (Å²) in [5, 5.41) is 0. The largest absolute Gasteiger partial charge is 0.496 e. The Morgan fingerprint density at radius 2 is 2.09 bits per heavy atom. The van der Waals surface area contributed by atoms with E-state index in [1.54, 1.807) is 7.11 Å². The third-order valence-corrected chi connectivity index (χ3v) is 4.59. The zero-order chi connectivity index (χ0) is 16.1. The lowest BCUT2D eigenvalue weighted by molar-refractivity contribution is -0.150. The highest BCUT2D eigenvalue weighted by Gasteiger charge is 2.27. The van der Waals surface area contributed by atoms with Crippen molar-refractivity contribution in [3.63, 3.8) is 0 Å². The number of hydrogen-bond donors (Lipinski definition) is 0. The summed E-state index contributed by atoms with van der Waals surface area (Å²) in [4.78, 5) is 14.3. The van der Waals surface area contributed by atoms with Crippen molar-refractivity contribution in [3.8, 4) is 5.75 Å². The van der Waals surface area contributed by atoms with Gasteiger partial charge in [-0.15, -0.1) is 0 Å². The van der Waals surface area contributed by atoms with Gasteiger partial charge in [0, 0.05) is 13.1 Å². The molecule has 1 aromatic rings. The minimum absolute atomic E-state index is 0.0216. The van der Waals surface area contributed by atoms with Crippen molar-refractivity contribution in [1.29, 1.82) is 0 Å². The van der Waals surface area contributed by atoms with Crippen molar-refractivity contribution >= 4 is 5.97 Å². The van der Waals surface area contributed by atoms with E-state index in [1.807, 2.05) is 13.0 Å². The number of likely N-dealkylation sites (tertiary alicyclic amines) is 1. The molecule has 0 amide bonds. The predicted molar refractivity (Wildman–Crippen MR) is 87.1 cm³/mol. The molecule has 4 heteroatoms. The van der Waals surface area contributed by atoms with Crippen LogP contribution in [0.15, 0.2) is 12.1 Å². The Hall–Kier alpha value is -1.55. The van der Waals surface area contributed by atoms with Gasteiger partial charge in [-0.2, -0.15) is 0 Å². The van der Waals surface area contributed by atoms with Crippen LogP contribution in [0, 0.1) is 19.8 Å². The summed E-state index contributed by atoms with van der Waals surface area (Å²) in [6.07, 6.45) is 1.99. The highest BCUT2D eigenvalue weighted by Crippen LogP contribution is 2.26. The number of benzene rings is 1. The molecule has 1 aliphatic heterocycles. The molecule has 1 aromatic carbocycles. The fraction of sp³-hybridized carbons (Fsp3) is 0.611. The molecule has 2 rings (SSSR count). The van der Waals surface area contributed by atoms with Crippen LogP contribution in [0.3, 0.4) is 0 Å². The summed E-state index contributed by atoms with van der Waals surface area (Å²) in [6.45, 7) is 9.28. The minimum atomic E-state index is -0.0465. The van der Waals surface area contributed by atoms with Gasteiger partial charge in [-0.1, -0.05) is 6.07 Å². The molecule has 0 saturated carbocycles. The number of esters is 1. The Morgan fingerprint density at radius 3 is 2.77 bits per heavy atom. The van der Waals surface area contributed by atoms with Crippen LogP contribution < -0.4 is 4.74 Å². The van der Waals surface area contributed by atoms with Crippen molar-refractivity contribution in [2.45, 2.75) is 40.2 Å². The molecule has 0 aromatic heterocycles. The summed E-state index contributed by atoms with van der Waals surface area (Å²) in [6, 6.07) is 4.17. The first-order valence-electron chi connectivity index (χ1n) is 8.08. The number of carbonyl (C=O) groups is 1. The molecule has 1 fully saturated rings. The molecule has 1 atom stereocenters. The van der Waals surface area contributed by atoms with Gasteiger partial charge in [0.1, 0.15) is 5.75 Å². The van der Waals surface area contributed by atoms with Crippen LogP contribution >= 0.6 is 0 Å². The van der Waals surface area contributed by atoms with E-state index in [4.69, 9.17) is 9.47 Å². The number of piperidine rings is 1. The number of nitrogens with zero attached hydrogens (tertiary/aromatic N) is 1. The summed E-state index contributed by atoms with van der Waals surface area (Å²) < 4.78 is 10.5. The lowest BCUT2D eigenvalue weighted by Crippen LogP contribution is -2.39. The van der Waals surface area contributed by atoms with Crippen LogP contribution in [0.5, 0.6) is 5.75 Å². The molecule has 1 saturated heterocycles. The highest BCUT2D eigenvalue weighted by atomic mass is 16.5. The molecular formula is C18H27NO3. The lowest BCUT2D eigenvalue weighted by atomic mass is 9.96. The maximum atomic E-state index is 11.9. The Bertz CT molecular complexity index is 527. The van der Waals surface area contributed by atoms with E-state index >= 15 is 0 Å². The zero-order valence-electron chi connectivity index (χ0n) is 14.1. The van der Waals surface area contributed by atoms with E-state index in [-0.39, 0.29) is 11.9 Å². The molecule has 0 aliphatic carbocycles. The first kappa shape index (κ1) is 16.8. The third-order valence-electron chi connectivity index (χ3n) is 4.59. The Balaban J connectivity index is 2.04. The molecule has 4 nitrogen and oxygen atoms in total. The monoisotopic (exact) mass is 305 g/mol. The van der Waals surface area contributed by atoms with Gasteiger partial charge in [0.05, 0.1) is 19.6 Å². The number of ether oxygens (including phenoxy) is 2. The van der Waals surface area contributed by atoms with Gasteiger partial charge in [0.25, 0.3) is 0 Å². The second-order valence-corrected chi connectivity index (χ2v) is 6.00. The standard InChI is InChI=1S/C18H27NO3/c1-5-22-18(20)16-7-6-10-19(12-16)11-15-8-9-17(21-4)14(3)13(15)2/h8-9,16H,5-7,10-12H2,1-4H3/t16-/m0/s1. The second kappa shape index (κ2) is 7.63. The maximum Gasteiger partial charge on any atom is 0.310 e. The fourth-order valence-corrected chi connectivity index (χ4v) is 3.14. The van der Waals surface area contributed by atoms with E-state index in [2.05, 4.69) is 24.8 Å². The summed E-state index contributed by atoms with van der Waals surface area (Å²) >= 11 is 0. The molecule has 122 valence electrons. The summed E-state index contributed by atoms with van der Waals surface area (Å²) in [5.41, 5.74) is 3.78. The van der Waals surface area contributed by atoms with E-state index < -0.39 is 0 Å². The quantitative estimate of drug-likeness (QED) is 0.784. The van der Waals surface area contributed by atoms with Crippen LogP contribution in [0.4, 0.5) is 0 Å². The lowest BCUT2D eigenvalue weighted by Gasteiger charge is -2.32. The number of methoxy groups -OCH3 is 1. The zero-order valence-corrected chi connectivity index (χ0v) is 14.1. The van der Waals surface area contributed by atoms with E-state index in [0.717, 1.165) is 38.2 Å². The maximum absolute atomic E-state index is 11.9. The van der Waals surface area contributed by atoms with Gasteiger partial charge in [-0.05, 0) is 62.9 Å². The molecule has 22 heavy (non-hydrogen) atoms. The summed E-state index contributed by atoms with van der Waals surface area (Å²) in [5.74, 6) is 0.910. The Morgan fingerprint density at radius 1 is 1.32 bits per heavy atom. The molecular weight excluding hydrogens is 278 g/mol. The number of rotatable bonds is 5. The molecule has 0 N–H and O–H groups in total. The van der Waals surface area contributed by atoms with Gasteiger partial charge < -0.3 is 9.47 Å². The minimum Gasteiger partial charge on any atom is -0.496 e. The van der Waals surface area contributed by atoms with Crippen molar-refractivity contribution in [2.24, 2.45) is 5.92 Å². The molecule has 0 unspecified atom stereocenters. The van der Waals surface area contributed by atoms with Crippen LogP contribution in [-0.4, -0.2) is 37.7 Å². The van der Waals surface area contributed by atoms with Crippen molar-refractivity contribution in [2.75, 3.05) is 26.8 Å².